The van der Waals surface area contributed by atoms with Crippen LogP contribution in [0.1, 0.15) is 5.56 Å². The number of nitrogens with zero attached hydrogens (tertiary/aromatic N) is 1. The maximum absolute atomic E-state index is 12.1. The van der Waals surface area contributed by atoms with E-state index in [9.17, 15) is 12.3 Å². The van der Waals surface area contributed by atoms with Crippen LogP contribution in [-0.2, 0) is 16.9 Å². The second-order valence-corrected chi connectivity index (χ2v) is 3.41. The van der Waals surface area contributed by atoms with Crippen LogP contribution in [0.15, 0.2) is 24.3 Å². The van der Waals surface area contributed by atoms with Gasteiger partial charge in [-0.1, -0.05) is 16.0 Å². The highest BCUT2D eigenvalue weighted by Crippen LogP contribution is 2.16. The maximum Gasteiger partial charge on any atom is 0.488 e. The average Bonchev–Trinajstić information content (AvgIpc) is 2.02. The van der Waals surface area contributed by atoms with Gasteiger partial charge in [-0.3, -0.25) is 0 Å². The fourth-order valence-electron chi connectivity index (χ4n) is 0.914. The molecule has 0 aliphatic rings. The van der Waals surface area contributed by atoms with Crippen LogP contribution in [0.25, 0.3) is 0 Å². The first-order chi connectivity index (χ1) is 6.51. The summed E-state index contributed by atoms with van der Waals surface area (Å²) >= 11 is 0. The smallest absolute Gasteiger partial charge is 0.358 e. The normalized spacial score (nSPS) is 10.6. The Labute approximate surface area is 81.0 Å². The quantitative estimate of drug-likeness (QED) is 0.713. The summed E-state index contributed by atoms with van der Waals surface area (Å²) in [5.74, 6) is -0.139. The fourth-order valence-corrected chi connectivity index (χ4v) is 1.25. The monoisotopic (exact) mass is 215 g/mol. The van der Waals surface area contributed by atoms with Crippen molar-refractivity contribution in [2.75, 3.05) is 0 Å². The molecule has 4 nitrogen and oxygen atoms in total. The lowest BCUT2D eigenvalue weighted by Crippen LogP contribution is -2.01. The second kappa shape index (κ2) is 4.07. The number of halogens is 1. The number of hydrogen-bond acceptors (Lipinski definition) is 4. The molecule has 14 heavy (non-hydrogen) atoms. The molecule has 74 valence electrons. The summed E-state index contributed by atoms with van der Waals surface area (Å²) in [6.07, 6.45) is 0.115. The summed E-state index contributed by atoms with van der Waals surface area (Å²) in [7, 11) is -4.99. The van der Waals surface area contributed by atoms with Crippen molar-refractivity contribution in [3.63, 3.8) is 0 Å². The zero-order valence-electron chi connectivity index (χ0n) is 6.97. The molecule has 0 heterocycles. The molecule has 0 aliphatic heterocycles. The van der Waals surface area contributed by atoms with E-state index in [2.05, 4.69) is 4.18 Å². The van der Waals surface area contributed by atoms with Crippen molar-refractivity contribution in [3.05, 3.63) is 29.8 Å². The number of rotatable bonds is 3. The molecule has 0 amide bonds. The van der Waals surface area contributed by atoms with Crippen LogP contribution in [0, 0.1) is 11.3 Å². The van der Waals surface area contributed by atoms with Crippen molar-refractivity contribution in [2.24, 2.45) is 0 Å². The third-order valence-electron chi connectivity index (χ3n) is 1.38. The lowest BCUT2D eigenvalue weighted by molar-refractivity contribution is 0.440. The lowest BCUT2D eigenvalue weighted by Gasteiger charge is -2.00. The van der Waals surface area contributed by atoms with Crippen LogP contribution in [0.4, 0.5) is 3.89 Å². The Balaban J connectivity index is 2.90. The molecule has 0 aliphatic carbocycles. The van der Waals surface area contributed by atoms with Gasteiger partial charge >= 0.3 is 10.5 Å². The number of nitriles is 1. The van der Waals surface area contributed by atoms with E-state index < -0.39 is 10.5 Å². The van der Waals surface area contributed by atoms with Gasteiger partial charge in [-0.15, -0.1) is 0 Å². The molecule has 1 aromatic rings. The predicted octanol–water partition coefficient (Wildman–Crippen LogP) is 1.35. The highest BCUT2D eigenvalue weighted by Gasteiger charge is 2.09. The summed E-state index contributed by atoms with van der Waals surface area (Å²) in [6.45, 7) is 0. The Kier molecular flexibility index (Phi) is 3.04. The standard InChI is InChI=1S/C8H6FNO3S/c9-14(11,12)13-8-3-1-2-7(6-8)4-5-10/h1-3,6H,4H2. The maximum atomic E-state index is 12.1. The van der Waals surface area contributed by atoms with E-state index in [1.807, 2.05) is 6.07 Å². The molecule has 0 N–H and O–H groups in total. The first kappa shape index (κ1) is 10.5. The van der Waals surface area contributed by atoms with Crippen LogP contribution in [0.3, 0.4) is 0 Å². The lowest BCUT2D eigenvalue weighted by atomic mass is 10.2. The van der Waals surface area contributed by atoms with Gasteiger partial charge in [0.25, 0.3) is 0 Å². The molecule has 1 aromatic carbocycles. The summed E-state index contributed by atoms with van der Waals surface area (Å²) in [5, 5.41) is 8.36. The van der Waals surface area contributed by atoms with E-state index in [0.29, 0.717) is 5.56 Å². The molecule has 0 saturated carbocycles. The Morgan fingerprint density at radius 1 is 1.50 bits per heavy atom. The minimum Gasteiger partial charge on any atom is -0.358 e. The van der Waals surface area contributed by atoms with Crippen molar-refractivity contribution in [3.8, 4) is 11.8 Å². The van der Waals surface area contributed by atoms with Crippen molar-refractivity contribution < 1.29 is 16.5 Å². The van der Waals surface area contributed by atoms with Gasteiger partial charge in [0.2, 0.25) is 0 Å². The molecule has 0 unspecified atom stereocenters. The van der Waals surface area contributed by atoms with Crippen LogP contribution >= 0.6 is 0 Å². The van der Waals surface area contributed by atoms with Crippen LogP contribution < -0.4 is 4.18 Å². The molecule has 0 atom stereocenters. The topological polar surface area (TPSA) is 67.2 Å². The highest BCUT2D eigenvalue weighted by molar-refractivity contribution is 7.81. The SMILES string of the molecule is N#CCc1cccc(OS(=O)(=O)F)c1. The van der Waals surface area contributed by atoms with E-state index >= 15 is 0 Å². The van der Waals surface area contributed by atoms with Gasteiger partial charge in [0, 0.05) is 0 Å². The van der Waals surface area contributed by atoms with Crippen molar-refractivity contribution in [1.29, 1.82) is 5.26 Å². The molecule has 0 spiro atoms. The summed E-state index contributed by atoms with van der Waals surface area (Å²) in [4.78, 5) is 0. The van der Waals surface area contributed by atoms with E-state index in [1.165, 1.54) is 18.2 Å². The Morgan fingerprint density at radius 3 is 2.79 bits per heavy atom. The van der Waals surface area contributed by atoms with Gasteiger partial charge in [-0.2, -0.15) is 13.7 Å². The first-order valence-corrected chi connectivity index (χ1v) is 4.92. The van der Waals surface area contributed by atoms with Gasteiger partial charge in [-0.05, 0) is 17.7 Å². The van der Waals surface area contributed by atoms with Gasteiger partial charge in [0.15, 0.2) is 0 Å². The summed E-state index contributed by atoms with van der Waals surface area (Å²) < 4.78 is 36.3. The summed E-state index contributed by atoms with van der Waals surface area (Å²) in [6, 6.07) is 7.55. The molecule has 0 fully saturated rings. The molecular weight excluding hydrogens is 209 g/mol. The predicted molar refractivity (Wildman–Crippen MR) is 46.4 cm³/mol. The molecule has 0 bridgehead atoms. The zero-order valence-corrected chi connectivity index (χ0v) is 7.79. The van der Waals surface area contributed by atoms with Crippen LogP contribution in [0.5, 0.6) is 5.75 Å². The molecule has 0 aromatic heterocycles. The highest BCUT2D eigenvalue weighted by atomic mass is 32.3. The molecule has 6 heteroatoms. The summed E-state index contributed by atoms with van der Waals surface area (Å²) in [5.41, 5.74) is 0.564. The zero-order chi connectivity index (χ0) is 10.6. The number of benzene rings is 1. The van der Waals surface area contributed by atoms with E-state index in [1.54, 1.807) is 6.07 Å². The third kappa shape index (κ3) is 3.41. The van der Waals surface area contributed by atoms with Crippen LogP contribution in [0.2, 0.25) is 0 Å². The van der Waals surface area contributed by atoms with Crippen molar-refractivity contribution in [2.45, 2.75) is 6.42 Å². The average molecular weight is 215 g/mol. The Hall–Kier alpha value is -1.61. The van der Waals surface area contributed by atoms with Gasteiger partial charge in [0.1, 0.15) is 5.75 Å². The number of hydrogen-bond donors (Lipinski definition) is 0. The second-order valence-electron chi connectivity index (χ2n) is 2.46. The van der Waals surface area contributed by atoms with E-state index in [-0.39, 0.29) is 12.2 Å². The van der Waals surface area contributed by atoms with Gasteiger partial charge < -0.3 is 4.18 Å². The molecule has 1 rings (SSSR count). The van der Waals surface area contributed by atoms with Crippen LogP contribution in [-0.4, -0.2) is 8.42 Å². The first-order valence-electron chi connectivity index (χ1n) is 3.61. The fraction of sp³-hybridized carbons (Fsp3) is 0.125. The molecule has 0 radical (unpaired) electrons. The molecule has 0 saturated heterocycles. The third-order valence-corrected chi connectivity index (χ3v) is 1.77. The van der Waals surface area contributed by atoms with E-state index in [4.69, 9.17) is 5.26 Å². The Morgan fingerprint density at radius 2 is 2.21 bits per heavy atom. The molecular formula is C8H6FNO3S. The Bertz CT molecular complexity index is 464. The largest absolute Gasteiger partial charge is 0.488 e. The van der Waals surface area contributed by atoms with Crippen molar-refractivity contribution in [1.82, 2.24) is 0 Å². The van der Waals surface area contributed by atoms with Crippen molar-refractivity contribution >= 4 is 10.5 Å². The van der Waals surface area contributed by atoms with E-state index in [0.717, 1.165) is 0 Å². The minimum atomic E-state index is -4.99. The van der Waals surface area contributed by atoms with Gasteiger partial charge in [0.05, 0.1) is 12.5 Å². The van der Waals surface area contributed by atoms with Gasteiger partial charge in [-0.25, -0.2) is 0 Å². The minimum absolute atomic E-state index is 0.115.